The first kappa shape index (κ1) is 23.1. The van der Waals surface area contributed by atoms with Crippen molar-refractivity contribution in [2.24, 2.45) is 0 Å². The molecule has 1 aliphatic heterocycles. The molecule has 0 bridgehead atoms. The summed E-state index contributed by atoms with van der Waals surface area (Å²) in [5.74, 6) is 0.187. The average Bonchev–Trinajstić information content (AvgIpc) is 2.63. The first-order chi connectivity index (χ1) is 12.9. The number of hydrogen-bond donors (Lipinski definition) is 1. The van der Waals surface area contributed by atoms with Crippen molar-refractivity contribution in [3.8, 4) is 5.75 Å². The fourth-order valence-corrected chi connectivity index (χ4v) is 4.76. The molecule has 2 aromatic rings. The minimum absolute atomic E-state index is 0.180. The van der Waals surface area contributed by atoms with Gasteiger partial charge in [-0.15, -0.1) is 0 Å². The van der Waals surface area contributed by atoms with Crippen molar-refractivity contribution in [3.63, 3.8) is 0 Å². The van der Waals surface area contributed by atoms with Gasteiger partial charge in [-0.05, 0) is 80.0 Å². The van der Waals surface area contributed by atoms with E-state index in [1.165, 1.54) is 25.3 Å². The van der Waals surface area contributed by atoms with Gasteiger partial charge in [-0.1, -0.05) is 27.1 Å². The van der Waals surface area contributed by atoms with Crippen molar-refractivity contribution in [2.45, 2.75) is 39.7 Å². The maximum absolute atomic E-state index is 13.8. The molecule has 3 rings (SSSR count). The van der Waals surface area contributed by atoms with Crippen LogP contribution in [-0.2, 0) is 23.6 Å². The molecular weight excluding hydrogens is 439 g/mol. The minimum atomic E-state index is -0.556. The Morgan fingerprint density at radius 1 is 1.07 bits per heavy atom. The Morgan fingerprint density at radius 2 is 1.74 bits per heavy atom. The summed E-state index contributed by atoms with van der Waals surface area (Å²) in [6, 6.07) is 9.10. The van der Waals surface area contributed by atoms with E-state index < -0.39 is 17.0 Å². The van der Waals surface area contributed by atoms with Crippen molar-refractivity contribution < 1.29 is 26.5 Å². The Kier molecular flexibility index (Phi) is 10.1. The van der Waals surface area contributed by atoms with E-state index >= 15 is 0 Å². The molecule has 2 aromatic carbocycles. The van der Waals surface area contributed by atoms with Crippen LogP contribution in [0.1, 0.15) is 36.0 Å². The first-order valence-electron chi connectivity index (χ1n) is 8.99. The van der Waals surface area contributed by atoms with Crippen LogP contribution < -0.4 is 10.6 Å². The second-order valence-electron chi connectivity index (χ2n) is 6.81. The van der Waals surface area contributed by atoms with Crippen molar-refractivity contribution in [1.82, 2.24) is 4.90 Å². The molecule has 0 aliphatic carbocycles. The SMILES string of the molecule is Cc1cc(C)c(O)c(Pc2ccc(F)cc2CN2CCCCC2)c1.[Cl][Ti][Cl]. The van der Waals surface area contributed by atoms with Gasteiger partial charge in [-0.2, -0.15) is 0 Å². The van der Waals surface area contributed by atoms with Crippen LogP contribution in [-0.4, -0.2) is 23.1 Å². The average molecular weight is 464 g/mol. The Balaban J connectivity index is 0.000000817. The van der Waals surface area contributed by atoms with Gasteiger partial charge in [0.2, 0.25) is 0 Å². The van der Waals surface area contributed by atoms with Gasteiger partial charge in [-0.25, -0.2) is 4.39 Å². The Labute approximate surface area is 179 Å². The third kappa shape index (κ3) is 7.31. The van der Waals surface area contributed by atoms with Crippen LogP contribution in [0.25, 0.3) is 0 Å². The van der Waals surface area contributed by atoms with Crippen molar-refractivity contribution in [2.75, 3.05) is 13.1 Å². The molecule has 0 spiro atoms. The van der Waals surface area contributed by atoms with E-state index in [0.29, 0.717) is 14.3 Å². The van der Waals surface area contributed by atoms with E-state index in [4.69, 9.17) is 18.6 Å². The number of aromatic hydroxyl groups is 1. The topological polar surface area (TPSA) is 23.5 Å². The fraction of sp³-hybridized carbons (Fsp3) is 0.400. The summed E-state index contributed by atoms with van der Waals surface area (Å²) in [5.41, 5.74) is 3.10. The molecule has 1 atom stereocenters. The molecule has 1 heterocycles. The van der Waals surface area contributed by atoms with Crippen LogP contribution in [0, 0.1) is 19.7 Å². The second kappa shape index (κ2) is 11.8. The molecule has 1 fully saturated rings. The second-order valence-corrected chi connectivity index (χ2v) is 10.7. The zero-order chi connectivity index (χ0) is 19.8. The molecule has 0 aromatic heterocycles. The van der Waals surface area contributed by atoms with Crippen LogP contribution >= 0.6 is 27.2 Å². The van der Waals surface area contributed by atoms with Crippen molar-refractivity contribution in [3.05, 3.63) is 52.8 Å². The van der Waals surface area contributed by atoms with E-state index in [-0.39, 0.29) is 5.82 Å². The number of phenolic OH excluding ortho intramolecular Hbond substituents is 1. The van der Waals surface area contributed by atoms with E-state index in [1.807, 2.05) is 32.0 Å². The molecule has 27 heavy (non-hydrogen) atoms. The molecule has 1 N–H and O–H groups in total. The summed E-state index contributed by atoms with van der Waals surface area (Å²) < 4.78 is 13.8. The molecule has 2 nitrogen and oxygen atoms in total. The van der Waals surface area contributed by atoms with E-state index in [0.717, 1.165) is 46.9 Å². The summed E-state index contributed by atoms with van der Waals surface area (Å²) in [6.45, 7) is 6.95. The Hall–Kier alpha value is -0.146. The zero-order valence-corrected chi connectivity index (χ0v) is 19.7. The molecule has 0 saturated carbocycles. The molecule has 7 heteroatoms. The van der Waals surface area contributed by atoms with Crippen LogP contribution in [0.3, 0.4) is 0 Å². The molecule has 1 unspecified atom stereocenters. The van der Waals surface area contributed by atoms with Gasteiger partial charge in [0.25, 0.3) is 0 Å². The number of rotatable bonds is 4. The predicted octanol–water partition coefficient (Wildman–Crippen LogP) is 5.14. The van der Waals surface area contributed by atoms with E-state index in [9.17, 15) is 9.50 Å². The number of halogens is 3. The maximum atomic E-state index is 13.8. The van der Waals surface area contributed by atoms with Crippen LogP contribution in [0.4, 0.5) is 4.39 Å². The Morgan fingerprint density at radius 3 is 2.41 bits per heavy atom. The van der Waals surface area contributed by atoms with Gasteiger partial charge in [0.15, 0.2) is 0 Å². The molecule has 146 valence electrons. The van der Waals surface area contributed by atoms with Gasteiger partial charge in [-0.3, -0.25) is 4.90 Å². The van der Waals surface area contributed by atoms with Crippen molar-refractivity contribution >= 4 is 37.8 Å². The number of phenols is 1. The third-order valence-corrected chi connectivity index (χ3v) is 6.03. The summed E-state index contributed by atoms with van der Waals surface area (Å²) in [7, 11) is 10.1. The van der Waals surface area contributed by atoms with Gasteiger partial charge >= 0.3 is 35.6 Å². The number of likely N-dealkylation sites (tertiary alicyclic amines) is 1. The quantitative estimate of drug-likeness (QED) is 0.501. The van der Waals surface area contributed by atoms with Crippen molar-refractivity contribution in [1.29, 1.82) is 0 Å². The fourth-order valence-electron chi connectivity index (χ4n) is 3.37. The van der Waals surface area contributed by atoms with E-state index in [1.54, 1.807) is 6.07 Å². The summed E-state index contributed by atoms with van der Waals surface area (Å²) >= 11 is -0.556. The van der Waals surface area contributed by atoms with Gasteiger partial charge in [0, 0.05) is 11.8 Å². The number of benzene rings is 2. The molecule has 1 aliphatic rings. The third-order valence-electron chi connectivity index (χ3n) is 4.62. The van der Waals surface area contributed by atoms with E-state index in [2.05, 4.69) is 4.90 Å². The zero-order valence-electron chi connectivity index (χ0n) is 15.7. The normalized spacial score (nSPS) is 14.9. The number of aryl methyl sites for hydroxylation is 2. The number of nitrogens with zero attached hydrogens (tertiary/aromatic N) is 1. The summed E-state index contributed by atoms with van der Waals surface area (Å²) in [4.78, 5) is 2.41. The first-order valence-corrected chi connectivity index (χ1v) is 14.3. The molecule has 1 saturated heterocycles. The Bertz CT molecular complexity index is 757. The van der Waals surface area contributed by atoms with Gasteiger partial charge in [0.1, 0.15) is 11.6 Å². The number of hydrogen-bond acceptors (Lipinski definition) is 2. The standard InChI is InChI=1S/C20H25FNOP.2ClH.Ti/c1-14-10-15(2)20(23)19(11-14)24-18-7-6-17(21)12-16(18)13-22-8-4-3-5-9-22;;;/h6-7,10-12,23-24H,3-5,8-9,13H2,1-2H3;2*1H;/q;;;+2/p-2. The molecule has 0 amide bonds. The summed E-state index contributed by atoms with van der Waals surface area (Å²) in [6.07, 6.45) is 3.75. The van der Waals surface area contributed by atoms with Crippen LogP contribution in [0.5, 0.6) is 5.75 Å². The summed E-state index contributed by atoms with van der Waals surface area (Å²) in [5, 5.41) is 12.4. The van der Waals surface area contributed by atoms with Gasteiger partial charge in [0.05, 0.1) is 0 Å². The predicted molar refractivity (Wildman–Crippen MR) is 112 cm³/mol. The van der Waals surface area contributed by atoms with Crippen LogP contribution in [0.15, 0.2) is 30.3 Å². The van der Waals surface area contributed by atoms with Gasteiger partial charge < -0.3 is 5.11 Å². The number of piperidine rings is 1. The van der Waals surface area contributed by atoms with Crippen LogP contribution in [0.2, 0.25) is 0 Å². The molecule has 0 radical (unpaired) electrons. The molecular formula is C20H25Cl2FNOPTi. The monoisotopic (exact) mass is 463 g/mol.